The highest BCUT2D eigenvalue weighted by molar-refractivity contribution is 5.94. The Balaban J connectivity index is 1.82. The van der Waals surface area contributed by atoms with Gasteiger partial charge < -0.3 is 4.74 Å². The number of esters is 1. The van der Waals surface area contributed by atoms with Gasteiger partial charge in [0.05, 0.1) is 30.2 Å². The molecule has 1 atom stereocenters. The molecular formula is C29H26N2O2. The number of nitrogens with zero attached hydrogens (tertiary/aromatic N) is 2. The highest BCUT2D eigenvalue weighted by Crippen LogP contribution is 2.34. The highest BCUT2D eigenvalue weighted by atomic mass is 16.5. The Kier molecular flexibility index (Phi) is 6.51. The van der Waals surface area contributed by atoms with E-state index in [2.05, 4.69) is 49.2 Å². The van der Waals surface area contributed by atoms with E-state index in [9.17, 15) is 10.1 Å². The zero-order chi connectivity index (χ0) is 23.4. The maximum Gasteiger partial charge on any atom is 0.313 e. The summed E-state index contributed by atoms with van der Waals surface area (Å²) < 4.78 is 5.14. The van der Waals surface area contributed by atoms with Gasteiger partial charge in [-0.05, 0) is 58.9 Å². The Morgan fingerprint density at radius 1 is 1.00 bits per heavy atom. The van der Waals surface area contributed by atoms with Gasteiger partial charge in [0.2, 0.25) is 0 Å². The first-order valence-corrected chi connectivity index (χ1v) is 11.1. The molecular weight excluding hydrogens is 408 g/mol. The van der Waals surface area contributed by atoms with Gasteiger partial charge in [0.1, 0.15) is 0 Å². The summed E-state index contributed by atoms with van der Waals surface area (Å²) in [6.07, 6.45) is 2.20. The van der Waals surface area contributed by atoms with Crippen molar-refractivity contribution < 1.29 is 9.53 Å². The molecule has 0 radical (unpaired) electrons. The molecule has 0 aliphatic heterocycles. The van der Waals surface area contributed by atoms with Crippen LogP contribution in [0.15, 0.2) is 79.0 Å². The van der Waals surface area contributed by atoms with E-state index in [-0.39, 0.29) is 5.97 Å². The molecule has 4 rings (SSSR count). The summed E-state index contributed by atoms with van der Waals surface area (Å²) in [4.78, 5) is 17.4. The number of nitriles is 1. The van der Waals surface area contributed by atoms with Crippen LogP contribution in [0.5, 0.6) is 0 Å². The fourth-order valence-corrected chi connectivity index (χ4v) is 4.20. The van der Waals surface area contributed by atoms with Crippen molar-refractivity contribution in [2.75, 3.05) is 7.11 Å². The molecule has 4 nitrogen and oxygen atoms in total. The molecule has 0 saturated carbocycles. The van der Waals surface area contributed by atoms with E-state index in [1.165, 1.54) is 12.7 Å². The number of aromatic nitrogens is 1. The molecule has 0 fully saturated rings. The van der Waals surface area contributed by atoms with Crippen LogP contribution >= 0.6 is 0 Å². The first-order chi connectivity index (χ1) is 16.0. The van der Waals surface area contributed by atoms with Crippen LogP contribution in [-0.4, -0.2) is 18.1 Å². The van der Waals surface area contributed by atoms with Crippen molar-refractivity contribution >= 4 is 16.9 Å². The SMILES string of the molecule is COC(=O)C(Cc1ccccc1C#N)c1cccc(-c2cc(C(C)C)cc3cccnc23)c1. The van der Waals surface area contributed by atoms with E-state index in [4.69, 9.17) is 4.74 Å². The largest absolute Gasteiger partial charge is 0.469 e. The molecule has 0 bridgehead atoms. The van der Waals surface area contributed by atoms with Gasteiger partial charge in [0.25, 0.3) is 0 Å². The van der Waals surface area contributed by atoms with E-state index in [1.807, 2.05) is 42.5 Å². The number of carbonyl (C=O) groups is 1. The predicted molar refractivity (Wildman–Crippen MR) is 131 cm³/mol. The molecule has 4 heteroatoms. The van der Waals surface area contributed by atoms with Gasteiger partial charge in [-0.2, -0.15) is 5.26 Å². The molecule has 0 aliphatic carbocycles. The minimum absolute atomic E-state index is 0.321. The highest BCUT2D eigenvalue weighted by Gasteiger charge is 2.24. The molecule has 1 unspecified atom stereocenters. The molecule has 0 amide bonds. The van der Waals surface area contributed by atoms with E-state index in [1.54, 1.807) is 12.3 Å². The lowest BCUT2D eigenvalue weighted by Gasteiger charge is -2.18. The Morgan fingerprint density at radius 3 is 2.58 bits per heavy atom. The number of pyridine rings is 1. The number of hydrogen-bond acceptors (Lipinski definition) is 4. The van der Waals surface area contributed by atoms with Crippen molar-refractivity contribution in [1.82, 2.24) is 4.98 Å². The average molecular weight is 435 g/mol. The molecule has 164 valence electrons. The monoisotopic (exact) mass is 434 g/mol. The first-order valence-electron chi connectivity index (χ1n) is 11.1. The van der Waals surface area contributed by atoms with Gasteiger partial charge in [0.15, 0.2) is 0 Å². The fraction of sp³-hybridized carbons (Fsp3) is 0.207. The van der Waals surface area contributed by atoms with E-state index >= 15 is 0 Å². The molecule has 0 aliphatic rings. The molecule has 0 saturated heterocycles. The fourth-order valence-electron chi connectivity index (χ4n) is 4.20. The quantitative estimate of drug-likeness (QED) is 0.330. The molecule has 0 spiro atoms. The van der Waals surface area contributed by atoms with Crippen molar-refractivity contribution in [2.24, 2.45) is 0 Å². The van der Waals surface area contributed by atoms with Crippen LogP contribution in [0, 0.1) is 11.3 Å². The van der Waals surface area contributed by atoms with Crippen molar-refractivity contribution in [3.05, 3.63) is 101 Å². The van der Waals surface area contributed by atoms with Gasteiger partial charge in [-0.1, -0.05) is 62.4 Å². The van der Waals surface area contributed by atoms with Crippen molar-refractivity contribution in [1.29, 1.82) is 5.26 Å². The second kappa shape index (κ2) is 9.67. The molecule has 4 aromatic rings. The Labute approximate surface area is 194 Å². The zero-order valence-electron chi connectivity index (χ0n) is 19.1. The second-order valence-corrected chi connectivity index (χ2v) is 8.47. The summed E-state index contributed by atoms with van der Waals surface area (Å²) in [5.41, 5.74) is 6.47. The lowest BCUT2D eigenvalue weighted by Crippen LogP contribution is -2.17. The second-order valence-electron chi connectivity index (χ2n) is 8.47. The van der Waals surface area contributed by atoms with E-state index < -0.39 is 5.92 Å². The van der Waals surface area contributed by atoms with Crippen molar-refractivity contribution in [3.8, 4) is 17.2 Å². The molecule has 33 heavy (non-hydrogen) atoms. The van der Waals surface area contributed by atoms with Crippen LogP contribution in [0.4, 0.5) is 0 Å². The summed E-state index contributed by atoms with van der Waals surface area (Å²) in [5, 5.41) is 10.6. The predicted octanol–water partition coefficient (Wildman–Crippen LogP) is 6.40. The van der Waals surface area contributed by atoms with Gasteiger partial charge in [-0.3, -0.25) is 9.78 Å². The Morgan fingerprint density at radius 2 is 1.82 bits per heavy atom. The van der Waals surface area contributed by atoms with Crippen LogP contribution < -0.4 is 0 Å². The van der Waals surface area contributed by atoms with E-state index in [0.717, 1.165) is 33.2 Å². The summed E-state index contributed by atoms with van der Waals surface area (Å²) in [7, 11) is 1.40. The van der Waals surface area contributed by atoms with Crippen LogP contribution in [0.1, 0.15) is 47.9 Å². The topological polar surface area (TPSA) is 63.0 Å². The molecule has 0 N–H and O–H groups in total. The third-order valence-electron chi connectivity index (χ3n) is 6.04. The number of fused-ring (bicyclic) bond motifs is 1. The molecule has 3 aromatic carbocycles. The third-order valence-corrected chi connectivity index (χ3v) is 6.04. The lowest BCUT2D eigenvalue weighted by atomic mass is 9.87. The van der Waals surface area contributed by atoms with E-state index in [0.29, 0.717) is 17.9 Å². The van der Waals surface area contributed by atoms with Crippen LogP contribution in [0.3, 0.4) is 0 Å². The van der Waals surface area contributed by atoms with Gasteiger partial charge in [0, 0.05) is 17.1 Å². The van der Waals surface area contributed by atoms with Crippen molar-refractivity contribution in [2.45, 2.75) is 32.1 Å². The minimum Gasteiger partial charge on any atom is -0.469 e. The number of ether oxygens (including phenoxy) is 1. The number of rotatable bonds is 6. The maximum atomic E-state index is 12.8. The Hall–Kier alpha value is -3.97. The Bertz CT molecular complexity index is 1350. The smallest absolute Gasteiger partial charge is 0.313 e. The number of carbonyl (C=O) groups excluding carboxylic acids is 1. The minimum atomic E-state index is -0.517. The maximum absolute atomic E-state index is 12.8. The van der Waals surface area contributed by atoms with Gasteiger partial charge in [-0.15, -0.1) is 0 Å². The molecule has 1 heterocycles. The van der Waals surface area contributed by atoms with Crippen molar-refractivity contribution in [3.63, 3.8) is 0 Å². The zero-order valence-corrected chi connectivity index (χ0v) is 19.1. The van der Waals surface area contributed by atoms with Crippen LogP contribution in [0.2, 0.25) is 0 Å². The number of benzene rings is 3. The summed E-state index contributed by atoms with van der Waals surface area (Å²) in [6, 6.07) is 26.0. The summed E-state index contributed by atoms with van der Waals surface area (Å²) in [6.45, 7) is 4.36. The number of hydrogen-bond donors (Lipinski definition) is 0. The van der Waals surface area contributed by atoms with Crippen LogP contribution in [0.25, 0.3) is 22.0 Å². The van der Waals surface area contributed by atoms with Gasteiger partial charge >= 0.3 is 5.97 Å². The standard InChI is InChI=1S/C29H26N2O2/c1-19(2)25-15-23-12-7-13-31-28(23)26(17-25)21-10-6-11-22(14-21)27(29(32)33-3)16-20-8-4-5-9-24(20)18-30/h4-15,17,19,27H,16H2,1-3H3. The summed E-state index contributed by atoms with van der Waals surface area (Å²) >= 11 is 0. The lowest BCUT2D eigenvalue weighted by molar-refractivity contribution is -0.142. The first kappa shape index (κ1) is 22.2. The van der Waals surface area contributed by atoms with Gasteiger partial charge in [-0.25, -0.2) is 0 Å². The average Bonchev–Trinajstić information content (AvgIpc) is 2.86. The third kappa shape index (κ3) is 4.63. The van der Waals surface area contributed by atoms with Crippen LogP contribution in [-0.2, 0) is 16.0 Å². The number of methoxy groups -OCH3 is 1. The summed E-state index contributed by atoms with van der Waals surface area (Å²) in [5.74, 6) is -0.461. The molecule has 1 aromatic heterocycles. The normalized spacial score (nSPS) is 11.8.